The quantitative estimate of drug-likeness (QED) is 0.888. The van der Waals surface area contributed by atoms with Gasteiger partial charge in [-0.2, -0.15) is 4.98 Å². The van der Waals surface area contributed by atoms with Crippen molar-refractivity contribution in [3.63, 3.8) is 0 Å². The van der Waals surface area contributed by atoms with Gasteiger partial charge in [-0.3, -0.25) is 0 Å². The molecule has 0 unspecified atom stereocenters. The fraction of sp³-hybridized carbons (Fsp3) is 0.0769. The summed E-state index contributed by atoms with van der Waals surface area (Å²) in [5, 5.41) is 9.27. The lowest BCUT2D eigenvalue weighted by Crippen LogP contribution is -1.90. The first-order valence-electron chi connectivity index (χ1n) is 5.22. The molecule has 0 saturated heterocycles. The van der Waals surface area contributed by atoms with Crippen molar-refractivity contribution in [2.45, 2.75) is 6.92 Å². The Labute approximate surface area is 102 Å². The lowest BCUT2D eigenvalue weighted by molar-refractivity contribution is 0.450. The van der Waals surface area contributed by atoms with Crippen molar-refractivity contribution < 1.29 is 13.9 Å². The van der Waals surface area contributed by atoms with E-state index in [9.17, 15) is 13.9 Å². The number of halogens is 2. The number of hydrogen-bond donors (Lipinski definition) is 1. The second-order valence-corrected chi connectivity index (χ2v) is 3.72. The van der Waals surface area contributed by atoms with E-state index in [1.165, 1.54) is 24.3 Å². The Hall–Kier alpha value is -2.30. The van der Waals surface area contributed by atoms with Crippen molar-refractivity contribution in [2.75, 3.05) is 0 Å². The molecule has 2 aromatic rings. The minimum atomic E-state index is -0.664. The molecule has 1 heterocycles. The van der Waals surface area contributed by atoms with Gasteiger partial charge in [-0.15, -0.1) is 0 Å². The van der Waals surface area contributed by atoms with Gasteiger partial charge >= 0.3 is 0 Å². The topological polar surface area (TPSA) is 46.0 Å². The van der Waals surface area contributed by atoms with Crippen molar-refractivity contribution in [1.82, 2.24) is 9.97 Å². The zero-order valence-electron chi connectivity index (χ0n) is 9.56. The SMILES string of the molecule is Cc1cc(O)nc(/C=C/c2ccc(F)cc2F)n1. The summed E-state index contributed by atoms with van der Waals surface area (Å²) in [4.78, 5) is 7.80. The van der Waals surface area contributed by atoms with E-state index in [1.807, 2.05) is 0 Å². The van der Waals surface area contributed by atoms with Gasteiger partial charge in [0, 0.05) is 23.4 Å². The molecule has 0 radical (unpaired) electrons. The van der Waals surface area contributed by atoms with Crippen LogP contribution in [0.3, 0.4) is 0 Å². The molecule has 0 amide bonds. The molecule has 1 aromatic heterocycles. The highest BCUT2D eigenvalue weighted by Crippen LogP contribution is 2.13. The standard InChI is InChI=1S/C13H10F2N2O/c1-8-6-13(18)17-12(16-8)5-3-9-2-4-10(14)7-11(9)15/h2-7H,1H3,(H,16,17,18)/b5-3+. The molecule has 18 heavy (non-hydrogen) atoms. The van der Waals surface area contributed by atoms with Gasteiger partial charge in [0.15, 0.2) is 5.82 Å². The highest BCUT2D eigenvalue weighted by molar-refractivity contribution is 5.67. The molecule has 0 bridgehead atoms. The number of aromatic nitrogens is 2. The monoisotopic (exact) mass is 248 g/mol. The average molecular weight is 248 g/mol. The van der Waals surface area contributed by atoms with Crippen LogP contribution in [0.1, 0.15) is 17.1 Å². The average Bonchev–Trinajstić information content (AvgIpc) is 2.26. The highest BCUT2D eigenvalue weighted by Gasteiger charge is 2.01. The molecule has 0 aliphatic heterocycles. The lowest BCUT2D eigenvalue weighted by Gasteiger charge is -1.98. The molecule has 0 saturated carbocycles. The second-order valence-electron chi connectivity index (χ2n) is 3.72. The maximum absolute atomic E-state index is 13.3. The third-order valence-electron chi connectivity index (χ3n) is 2.23. The normalized spacial score (nSPS) is 11.1. The van der Waals surface area contributed by atoms with Crippen LogP contribution in [0, 0.1) is 18.6 Å². The Balaban J connectivity index is 2.29. The second kappa shape index (κ2) is 4.91. The predicted molar refractivity (Wildman–Crippen MR) is 63.7 cm³/mol. The van der Waals surface area contributed by atoms with Gasteiger partial charge in [0.2, 0.25) is 5.88 Å². The molecule has 1 aromatic carbocycles. The molecule has 0 fully saturated rings. The van der Waals surface area contributed by atoms with Gasteiger partial charge in [-0.25, -0.2) is 13.8 Å². The van der Waals surface area contributed by atoms with Gasteiger partial charge < -0.3 is 5.11 Å². The van der Waals surface area contributed by atoms with E-state index in [-0.39, 0.29) is 17.3 Å². The van der Waals surface area contributed by atoms with Gasteiger partial charge in [-0.1, -0.05) is 0 Å². The summed E-state index contributed by atoms with van der Waals surface area (Å²) >= 11 is 0. The van der Waals surface area contributed by atoms with Crippen LogP contribution in [-0.2, 0) is 0 Å². The first-order chi connectivity index (χ1) is 8.54. The van der Waals surface area contributed by atoms with Crippen molar-refractivity contribution in [3.05, 3.63) is 53.0 Å². The molecule has 0 aliphatic carbocycles. The Morgan fingerprint density at radius 3 is 2.56 bits per heavy atom. The summed E-state index contributed by atoms with van der Waals surface area (Å²) in [5.74, 6) is -1.19. The molecule has 0 atom stereocenters. The molecule has 2 rings (SSSR count). The van der Waals surface area contributed by atoms with E-state index in [1.54, 1.807) is 6.92 Å². The fourth-order valence-electron chi connectivity index (χ4n) is 1.45. The first kappa shape index (κ1) is 12.2. The summed E-state index contributed by atoms with van der Waals surface area (Å²) in [6.07, 6.45) is 2.87. The summed E-state index contributed by atoms with van der Waals surface area (Å²) in [6.45, 7) is 1.71. The van der Waals surface area contributed by atoms with Crippen molar-refractivity contribution in [2.24, 2.45) is 0 Å². The van der Waals surface area contributed by atoms with Gasteiger partial charge in [0.05, 0.1) is 0 Å². The predicted octanol–water partition coefficient (Wildman–Crippen LogP) is 2.94. The number of aryl methyl sites for hydroxylation is 1. The number of nitrogens with zero attached hydrogens (tertiary/aromatic N) is 2. The van der Waals surface area contributed by atoms with Crippen molar-refractivity contribution >= 4 is 12.2 Å². The van der Waals surface area contributed by atoms with Crippen LogP contribution in [-0.4, -0.2) is 15.1 Å². The highest BCUT2D eigenvalue weighted by atomic mass is 19.1. The Bertz CT molecular complexity index is 592. The number of rotatable bonds is 2. The van der Waals surface area contributed by atoms with Crippen LogP contribution in [0.2, 0.25) is 0 Å². The molecule has 1 N–H and O–H groups in total. The van der Waals surface area contributed by atoms with Crippen LogP contribution in [0.15, 0.2) is 24.3 Å². The zero-order valence-corrected chi connectivity index (χ0v) is 9.56. The van der Waals surface area contributed by atoms with E-state index in [2.05, 4.69) is 9.97 Å². The van der Waals surface area contributed by atoms with E-state index in [0.29, 0.717) is 5.69 Å². The molecule has 5 heteroatoms. The smallest absolute Gasteiger partial charge is 0.214 e. The van der Waals surface area contributed by atoms with Crippen LogP contribution >= 0.6 is 0 Å². The number of aromatic hydroxyl groups is 1. The summed E-state index contributed by atoms with van der Waals surface area (Å²) in [7, 11) is 0. The molecular weight excluding hydrogens is 238 g/mol. The largest absolute Gasteiger partial charge is 0.493 e. The molecule has 0 spiro atoms. The molecule has 3 nitrogen and oxygen atoms in total. The third-order valence-corrected chi connectivity index (χ3v) is 2.23. The maximum Gasteiger partial charge on any atom is 0.214 e. The molecule has 92 valence electrons. The number of benzene rings is 1. The Morgan fingerprint density at radius 1 is 1.11 bits per heavy atom. The van der Waals surface area contributed by atoms with E-state index in [0.717, 1.165) is 12.1 Å². The zero-order chi connectivity index (χ0) is 13.1. The minimum Gasteiger partial charge on any atom is -0.493 e. The first-order valence-corrected chi connectivity index (χ1v) is 5.22. The Morgan fingerprint density at radius 2 is 1.89 bits per heavy atom. The molecule has 0 aliphatic rings. The van der Waals surface area contributed by atoms with E-state index < -0.39 is 11.6 Å². The van der Waals surface area contributed by atoms with Gasteiger partial charge in [-0.05, 0) is 31.2 Å². The lowest BCUT2D eigenvalue weighted by atomic mass is 10.2. The maximum atomic E-state index is 13.3. The third kappa shape index (κ3) is 2.88. The van der Waals surface area contributed by atoms with Gasteiger partial charge in [0.1, 0.15) is 11.6 Å². The molecular formula is C13H10F2N2O. The Kier molecular flexibility index (Phi) is 3.32. The summed E-state index contributed by atoms with van der Waals surface area (Å²) < 4.78 is 26.0. The van der Waals surface area contributed by atoms with Crippen LogP contribution in [0.5, 0.6) is 5.88 Å². The van der Waals surface area contributed by atoms with Crippen molar-refractivity contribution in [3.8, 4) is 5.88 Å². The van der Waals surface area contributed by atoms with Crippen LogP contribution in [0.4, 0.5) is 8.78 Å². The van der Waals surface area contributed by atoms with Gasteiger partial charge in [0.25, 0.3) is 0 Å². The number of hydrogen-bond acceptors (Lipinski definition) is 3. The van der Waals surface area contributed by atoms with Crippen LogP contribution in [0.25, 0.3) is 12.2 Å². The van der Waals surface area contributed by atoms with Crippen molar-refractivity contribution in [1.29, 1.82) is 0 Å². The fourth-order valence-corrected chi connectivity index (χ4v) is 1.45. The van der Waals surface area contributed by atoms with Crippen LogP contribution < -0.4 is 0 Å². The summed E-state index contributed by atoms with van der Waals surface area (Å²) in [5.41, 5.74) is 0.822. The van der Waals surface area contributed by atoms with E-state index >= 15 is 0 Å². The summed E-state index contributed by atoms with van der Waals surface area (Å²) in [6, 6.07) is 4.69. The minimum absolute atomic E-state index is 0.151. The van der Waals surface area contributed by atoms with E-state index in [4.69, 9.17) is 0 Å².